The van der Waals surface area contributed by atoms with Crippen LogP contribution in [0.1, 0.15) is 5.56 Å². The number of imidazole rings is 1. The van der Waals surface area contributed by atoms with E-state index in [1.807, 2.05) is 48.5 Å². The van der Waals surface area contributed by atoms with Crippen LogP contribution in [-0.2, 0) is 11.4 Å². The van der Waals surface area contributed by atoms with E-state index in [1.165, 1.54) is 6.08 Å². The minimum atomic E-state index is -0.331. The lowest BCUT2D eigenvalue weighted by atomic mass is 10.2. The largest absolute Gasteiger partial charge is 0.489 e. The topological polar surface area (TPSA) is 78.2 Å². The molecule has 3 aromatic carbocycles. The average molecular weight is 497 g/mol. The van der Waals surface area contributed by atoms with Crippen molar-refractivity contribution >= 4 is 34.2 Å². The van der Waals surface area contributed by atoms with Crippen molar-refractivity contribution in [1.82, 2.24) is 14.1 Å². The fourth-order valence-electron chi connectivity index (χ4n) is 3.93. The molecule has 0 aliphatic carbocycles. The summed E-state index contributed by atoms with van der Waals surface area (Å²) in [6.07, 6.45) is 4.48. The quantitative estimate of drug-likeness (QED) is 0.300. The van der Waals surface area contributed by atoms with Crippen molar-refractivity contribution in [2.45, 2.75) is 6.61 Å². The Labute approximate surface area is 211 Å². The summed E-state index contributed by atoms with van der Waals surface area (Å²) in [4.78, 5) is 29.6. The number of amides is 1. The van der Waals surface area contributed by atoms with Crippen molar-refractivity contribution < 1.29 is 9.53 Å². The molecule has 2 aromatic heterocycles. The molecule has 0 radical (unpaired) electrons. The fraction of sp³-hybridized carbons (Fsp3) is 0.0357. The highest BCUT2D eigenvalue weighted by Gasteiger charge is 2.16. The second-order valence-electron chi connectivity index (χ2n) is 7.94. The number of hydrogen-bond acceptors (Lipinski definition) is 4. The first-order chi connectivity index (χ1) is 17.5. The first-order valence-corrected chi connectivity index (χ1v) is 11.5. The Balaban J connectivity index is 1.50. The summed E-state index contributed by atoms with van der Waals surface area (Å²) in [6, 6.07) is 23.6. The molecule has 0 atom stereocenters. The highest BCUT2D eigenvalue weighted by molar-refractivity contribution is 6.31. The van der Waals surface area contributed by atoms with E-state index in [9.17, 15) is 9.59 Å². The third-order valence-electron chi connectivity index (χ3n) is 5.65. The molecule has 2 heterocycles. The summed E-state index contributed by atoms with van der Waals surface area (Å²) in [5.41, 5.74) is 3.78. The number of ether oxygens (including phenoxy) is 1. The normalized spacial score (nSPS) is 10.8. The molecule has 5 aromatic rings. The van der Waals surface area contributed by atoms with Crippen molar-refractivity contribution in [2.24, 2.45) is 0 Å². The Hall–Kier alpha value is -4.62. The second kappa shape index (κ2) is 9.93. The number of benzene rings is 3. The molecule has 0 unspecified atom stereocenters. The van der Waals surface area contributed by atoms with Gasteiger partial charge in [0, 0.05) is 22.5 Å². The van der Waals surface area contributed by atoms with Crippen molar-refractivity contribution in [1.29, 1.82) is 0 Å². The minimum absolute atomic E-state index is 0.269. The molecule has 5 rings (SSSR count). The molecule has 0 spiro atoms. The highest BCUT2D eigenvalue weighted by atomic mass is 35.5. The van der Waals surface area contributed by atoms with E-state index in [1.54, 1.807) is 51.9 Å². The Morgan fingerprint density at radius 3 is 2.53 bits per heavy atom. The predicted molar refractivity (Wildman–Crippen MR) is 141 cm³/mol. The Kier molecular flexibility index (Phi) is 6.38. The van der Waals surface area contributed by atoms with Crippen LogP contribution < -0.4 is 15.7 Å². The summed E-state index contributed by atoms with van der Waals surface area (Å²) in [5, 5.41) is 3.37. The van der Waals surface area contributed by atoms with Crippen LogP contribution in [0.3, 0.4) is 0 Å². The van der Waals surface area contributed by atoms with Crippen LogP contribution in [0.15, 0.2) is 109 Å². The lowest BCUT2D eigenvalue weighted by Crippen LogP contribution is -2.22. The number of carbonyl (C=O) groups is 1. The van der Waals surface area contributed by atoms with E-state index in [4.69, 9.17) is 16.3 Å². The van der Waals surface area contributed by atoms with E-state index < -0.39 is 0 Å². The van der Waals surface area contributed by atoms with Gasteiger partial charge in [0.25, 0.3) is 0 Å². The van der Waals surface area contributed by atoms with Gasteiger partial charge >= 0.3 is 5.69 Å². The molecule has 1 N–H and O–H groups in total. The van der Waals surface area contributed by atoms with Crippen LogP contribution in [-0.4, -0.2) is 20.0 Å². The lowest BCUT2D eigenvalue weighted by Gasteiger charge is -2.09. The monoisotopic (exact) mass is 496 g/mol. The number of halogens is 1. The molecule has 8 heteroatoms. The first-order valence-electron chi connectivity index (χ1n) is 11.1. The zero-order chi connectivity index (χ0) is 25.1. The molecule has 36 heavy (non-hydrogen) atoms. The third kappa shape index (κ3) is 4.52. The number of fused-ring (bicyclic) bond motifs is 1. The molecular formula is C28H21ClN4O3. The van der Waals surface area contributed by atoms with Gasteiger partial charge in [-0.3, -0.25) is 18.9 Å². The van der Waals surface area contributed by atoms with Gasteiger partial charge in [-0.1, -0.05) is 42.4 Å². The number of rotatable bonds is 7. The van der Waals surface area contributed by atoms with Gasteiger partial charge in [-0.25, -0.2) is 4.79 Å². The van der Waals surface area contributed by atoms with Crippen LogP contribution in [0.5, 0.6) is 5.75 Å². The summed E-state index contributed by atoms with van der Waals surface area (Å²) >= 11 is 6.21. The average Bonchev–Trinajstić information content (AvgIpc) is 3.20. The molecule has 7 nitrogen and oxygen atoms in total. The van der Waals surface area contributed by atoms with Crippen molar-refractivity contribution in [2.75, 3.05) is 5.32 Å². The van der Waals surface area contributed by atoms with Gasteiger partial charge in [-0.2, -0.15) is 0 Å². The predicted octanol–water partition coefficient (Wildman–Crippen LogP) is 5.53. The minimum Gasteiger partial charge on any atom is -0.489 e. The maximum absolute atomic E-state index is 13.7. The van der Waals surface area contributed by atoms with E-state index in [2.05, 4.69) is 16.9 Å². The molecule has 0 aliphatic heterocycles. The molecule has 0 saturated heterocycles. The van der Waals surface area contributed by atoms with Crippen LogP contribution in [0.2, 0.25) is 5.02 Å². The van der Waals surface area contributed by atoms with Crippen molar-refractivity contribution in [3.63, 3.8) is 0 Å². The zero-order valence-electron chi connectivity index (χ0n) is 19.1. The van der Waals surface area contributed by atoms with E-state index in [-0.39, 0.29) is 11.6 Å². The second-order valence-corrected chi connectivity index (χ2v) is 8.34. The van der Waals surface area contributed by atoms with Gasteiger partial charge in [0.1, 0.15) is 12.4 Å². The Morgan fingerprint density at radius 2 is 1.75 bits per heavy atom. The van der Waals surface area contributed by atoms with Crippen molar-refractivity contribution in [3.8, 4) is 17.1 Å². The maximum atomic E-state index is 13.7. The van der Waals surface area contributed by atoms with Crippen molar-refractivity contribution in [3.05, 3.63) is 125 Å². The van der Waals surface area contributed by atoms with Gasteiger partial charge < -0.3 is 10.1 Å². The number of aromatic nitrogens is 3. The molecule has 0 aliphatic rings. The number of nitrogens with one attached hydrogen (secondary N) is 1. The summed E-state index contributed by atoms with van der Waals surface area (Å²) in [6.45, 7) is 3.81. The SMILES string of the molecule is C=CC(=O)Nc1cccc(-n2c(=O)n(-c3ccc(OCc4ccccc4Cl)cc3)c3cnccc32)c1. The number of carbonyl (C=O) groups excluding carboxylic acids is 1. The first kappa shape index (κ1) is 23.1. The number of pyridine rings is 1. The number of nitrogens with zero attached hydrogens (tertiary/aromatic N) is 3. The van der Waals surface area contributed by atoms with Gasteiger partial charge in [0.2, 0.25) is 5.91 Å². The zero-order valence-corrected chi connectivity index (χ0v) is 19.9. The van der Waals surface area contributed by atoms with E-state index in [0.717, 1.165) is 5.56 Å². The van der Waals surface area contributed by atoms with Gasteiger partial charge in [-0.05, 0) is 60.7 Å². The third-order valence-corrected chi connectivity index (χ3v) is 6.02. The smallest absolute Gasteiger partial charge is 0.338 e. The molecular weight excluding hydrogens is 476 g/mol. The number of anilines is 1. The molecule has 178 valence electrons. The standard InChI is InChI=1S/C28H21ClN4O3/c1-2-27(34)31-20-7-5-8-22(16-20)33-25-14-15-30-17-26(25)32(28(33)35)21-10-12-23(13-11-21)36-18-19-6-3-4-9-24(19)29/h2-17H,1,18H2,(H,31,34). The van der Waals surface area contributed by atoms with Crippen LogP contribution in [0.4, 0.5) is 5.69 Å². The summed E-state index contributed by atoms with van der Waals surface area (Å²) in [5.74, 6) is 0.321. The molecule has 1 amide bonds. The molecule has 0 bridgehead atoms. The lowest BCUT2D eigenvalue weighted by molar-refractivity contribution is -0.111. The Bertz CT molecular complexity index is 1640. The summed E-state index contributed by atoms with van der Waals surface area (Å²) in [7, 11) is 0. The van der Waals surface area contributed by atoms with Crippen LogP contribution >= 0.6 is 11.6 Å². The van der Waals surface area contributed by atoms with Crippen LogP contribution in [0.25, 0.3) is 22.4 Å². The molecule has 0 saturated carbocycles. The van der Waals surface area contributed by atoms with Crippen LogP contribution in [0, 0.1) is 0 Å². The van der Waals surface area contributed by atoms with Gasteiger partial charge in [-0.15, -0.1) is 0 Å². The van der Waals surface area contributed by atoms with E-state index >= 15 is 0 Å². The molecule has 0 fully saturated rings. The van der Waals surface area contributed by atoms with Gasteiger partial charge in [0.15, 0.2) is 0 Å². The Morgan fingerprint density at radius 1 is 0.972 bits per heavy atom. The summed E-state index contributed by atoms with van der Waals surface area (Å²) < 4.78 is 9.06. The highest BCUT2D eigenvalue weighted by Crippen LogP contribution is 2.24. The fourth-order valence-corrected chi connectivity index (χ4v) is 4.12. The van der Waals surface area contributed by atoms with E-state index in [0.29, 0.717) is 45.5 Å². The van der Waals surface area contributed by atoms with Gasteiger partial charge in [0.05, 0.1) is 28.6 Å². The number of hydrogen-bond donors (Lipinski definition) is 1. The maximum Gasteiger partial charge on any atom is 0.338 e.